The molecule has 2 heterocycles. The molecule has 2 aromatic rings. The van der Waals surface area contributed by atoms with Gasteiger partial charge in [-0.25, -0.2) is 0 Å². The average molecular weight is 321 g/mol. The molecule has 0 radical (unpaired) electrons. The van der Waals surface area contributed by atoms with Crippen LogP contribution in [0.5, 0.6) is 5.75 Å². The Balaban J connectivity index is 1.93. The molecule has 0 aliphatic carbocycles. The van der Waals surface area contributed by atoms with Crippen LogP contribution in [0.25, 0.3) is 0 Å². The molecule has 2 atom stereocenters. The molecule has 2 nitrogen and oxygen atoms in total. The van der Waals surface area contributed by atoms with Gasteiger partial charge in [0.2, 0.25) is 0 Å². The minimum absolute atomic E-state index is 0.183. The zero-order valence-electron chi connectivity index (χ0n) is 11.2. The van der Waals surface area contributed by atoms with E-state index in [2.05, 4.69) is 48.0 Å². The monoisotopic (exact) mass is 320 g/mol. The standard InChI is InChI=1S/C16H17BrO2/c1-3-14-13(6-7-18-14)16(17)11-4-5-15-12(9-11)8-10(2)19-15/h4-7,9-10,16H,3,8H2,1-2H3. The highest BCUT2D eigenvalue weighted by molar-refractivity contribution is 9.09. The molecule has 0 saturated heterocycles. The van der Waals surface area contributed by atoms with Gasteiger partial charge in [0.25, 0.3) is 0 Å². The van der Waals surface area contributed by atoms with Gasteiger partial charge < -0.3 is 9.15 Å². The van der Waals surface area contributed by atoms with E-state index in [-0.39, 0.29) is 4.83 Å². The number of halogens is 1. The second-order valence-corrected chi connectivity index (χ2v) is 5.93. The summed E-state index contributed by atoms with van der Waals surface area (Å²) in [5, 5.41) is 0. The topological polar surface area (TPSA) is 22.4 Å². The normalized spacial score (nSPS) is 19.0. The third-order valence-electron chi connectivity index (χ3n) is 3.59. The fourth-order valence-electron chi connectivity index (χ4n) is 2.64. The molecule has 1 aromatic heterocycles. The Morgan fingerprint density at radius 3 is 3.00 bits per heavy atom. The SMILES string of the molecule is CCc1occc1C(Br)c1ccc2c(c1)CC(C)O2. The maximum absolute atomic E-state index is 5.74. The van der Waals surface area contributed by atoms with Crippen molar-refractivity contribution < 1.29 is 9.15 Å². The smallest absolute Gasteiger partial charge is 0.123 e. The highest BCUT2D eigenvalue weighted by atomic mass is 79.9. The minimum atomic E-state index is 0.183. The number of hydrogen-bond donors (Lipinski definition) is 0. The van der Waals surface area contributed by atoms with Gasteiger partial charge in [0.05, 0.1) is 11.1 Å². The first kappa shape index (κ1) is 12.8. The molecule has 0 saturated carbocycles. The van der Waals surface area contributed by atoms with Gasteiger partial charge in [0.1, 0.15) is 17.6 Å². The van der Waals surface area contributed by atoms with Crippen LogP contribution < -0.4 is 4.74 Å². The first-order valence-corrected chi connectivity index (χ1v) is 7.60. The fourth-order valence-corrected chi connectivity index (χ4v) is 3.34. The zero-order chi connectivity index (χ0) is 13.4. The summed E-state index contributed by atoms with van der Waals surface area (Å²) in [6.07, 6.45) is 3.96. The van der Waals surface area contributed by atoms with E-state index < -0.39 is 0 Å². The molecule has 0 N–H and O–H groups in total. The van der Waals surface area contributed by atoms with Gasteiger partial charge in [-0.3, -0.25) is 0 Å². The molecule has 1 aliphatic rings. The molecular formula is C16H17BrO2. The summed E-state index contributed by atoms with van der Waals surface area (Å²) in [5.74, 6) is 2.07. The van der Waals surface area contributed by atoms with Crippen molar-refractivity contribution in [1.29, 1.82) is 0 Å². The minimum Gasteiger partial charge on any atom is -0.490 e. The molecule has 0 bridgehead atoms. The molecule has 0 amide bonds. The van der Waals surface area contributed by atoms with Gasteiger partial charge in [-0.1, -0.05) is 35.0 Å². The van der Waals surface area contributed by atoms with Gasteiger partial charge in [-0.15, -0.1) is 0 Å². The van der Waals surface area contributed by atoms with E-state index in [0.717, 1.165) is 24.4 Å². The van der Waals surface area contributed by atoms with Crippen molar-refractivity contribution in [3.63, 3.8) is 0 Å². The van der Waals surface area contributed by atoms with Gasteiger partial charge >= 0.3 is 0 Å². The van der Waals surface area contributed by atoms with Crippen molar-refractivity contribution in [2.45, 2.75) is 37.6 Å². The van der Waals surface area contributed by atoms with E-state index >= 15 is 0 Å². The lowest BCUT2D eigenvalue weighted by Gasteiger charge is -2.11. The second-order valence-electron chi connectivity index (χ2n) is 5.01. The molecule has 100 valence electrons. The summed E-state index contributed by atoms with van der Waals surface area (Å²) in [7, 11) is 0. The van der Waals surface area contributed by atoms with E-state index in [9.17, 15) is 0 Å². The highest BCUT2D eigenvalue weighted by Gasteiger charge is 2.22. The molecule has 1 aliphatic heterocycles. The zero-order valence-corrected chi connectivity index (χ0v) is 12.7. The molecule has 3 heteroatoms. The number of hydrogen-bond acceptors (Lipinski definition) is 2. The largest absolute Gasteiger partial charge is 0.490 e. The predicted molar refractivity (Wildman–Crippen MR) is 79.1 cm³/mol. The lowest BCUT2D eigenvalue weighted by Crippen LogP contribution is -2.05. The Morgan fingerprint density at radius 2 is 2.21 bits per heavy atom. The molecule has 0 spiro atoms. The van der Waals surface area contributed by atoms with Crippen molar-refractivity contribution in [3.8, 4) is 5.75 Å². The van der Waals surface area contributed by atoms with E-state index in [0.29, 0.717) is 6.10 Å². The highest BCUT2D eigenvalue weighted by Crippen LogP contribution is 2.37. The Labute approximate surface area is 121 Å². The average Bonchev–Trinajstić information content (AvgIpc) is 3.01. The Kier molecular flexibility index (Phi) is 3.40. The maximum Gasteiger partial charge on any atom is 0.123 e. The van der Waals surface area contributed by atoms with E-state index in [1.165, 1.54) is 16.7 Å². The van der Waals surface area contributed by atoms with Crippen LogP contribution in [0.2, 0.25) is 0 Å². The third-order valence-corrected chi connectivity index (χ3v) is 4.61. The molecular weight excluding hydrogens is 304 g/mol. The van der Waals surface area contributed by atoms with E-state index in [1.807, 2.05) is 6.07 Å². The first-order valence-electron chi connectivity index (χ1n) is 6.69. The number of benzene rings is 1. The Hall–Kier alpha value is -1.22. The fraction of sp³-hybridized carbons (Fsp3) is 0.375. The lowest BCUT2D eigenvalue weighted by molar-refractivity contribution is 0.254. The van der Waals surface area contributed by atoms with Crippen molar-refractivity contribution in [3.05, 3.63) is 53.0 Å². The molecule has 3 rings (SSSR count). The van der Waals surface area contributed by atoms with Crippen LogP contribution in [0.15, 0.2) is 34.9 Å². The maximum atomic E-state index is 5.74. The lowest BCUT2D eigenvalue weighted by atomic mass is 10.0. The van der Waals surface area contributed by atoms with Gasteiger partial charge in [-0.2, -0.15) is 0 Å². The number of ether oxygens (including phenoxy) is 1. The van der Waals surface area contributed by atoms with E-state index in [1.54, 1.807) is 6.26 Å². The summed E-state index contributed by atoms with van der Waals surface area (Å²) in [6.45, 7) is 4.22. The van der Waals surface area contributed by atoms with Crippen molar-refractivity contribution in [2.75, 3.05) is 0 Å². The molecule has 2 unspecified atom stereocenters. The van der Waals surface area contributed by atoms with Crippen LogP contribution in [-0.4, -0.2) is 6.10 Å². The summed E-state index contributed by atoms with van der Waals surface area (Å²) in [4.78, 5) is 0.183. The summed E-state index contributed by atoms with van der Waals surface area (Å²) in [6, 6.07) is 8.49. The summed E-state index contributed by atoms with van der Waals surface area (Å²) < 4.78 is 11.3. The van der Waals surface area contributed by atoms with Crippen LogP contribution >= 0.6 is 15.9 Å². The van der Waals surface area contributed by atoms with Crippen molar-refractivity contribution in [1.82, 2.24) is 0 Å². The van der Waals surface area contributed by atoms with Crippen LogP contribution in [0.3, 0.4) is 0 Å². The van der Waals surface area contributed by atoms with Crippen LogP contribution in [-0.2, 0) is 12.8 Å². The van der Waals surface area contributed by atoms with E-state index in [4.69, 9.17) is 9.15 Å². The van der Waals surface area contributed by atoms with Crippen LogP contribution in [0, 0.1) is 0 Å². The van der Waals surface area contributed by atoms with Crippen LogP contribution in [0.4, 0.5) is 0 Å². The summed E-state index contributed by atoms with van der Waals surface area (Å²) >= 11 is 3.79. The van der Waals surface area contributed by atoms with Gasteiger partial charge in [-0.05, 0) is 30.2 Å². The first-order chi connectivity index (χ1) is 9.19. The number of alkyl halides is 1. The molecule has 19 heavy (non-hydrogen) atoms. The number of rotatable bonds is 3. The predicted octanol–water partition coefficient (Wildman–Crippen LogP) is 4.65. The number of fused-ring (bicyclic) bond motifs is 1. The van der Waals surface area contributed by atoms with Gasteiger partial charge in [0, 0.05) is 18.4 Å². The third kappa shape index (κ3) is 2.32. The van der Waals surface area contributed by atoms with Crippen LogP contribution in [0.1, 0.15) is 41.1 Å². The summed E-state index contributed by atoms with van der Waals surface area (Å²) in [5.41, 5.74) is 3.78. The quantitative estimate of drug-likeness (QED) is 0.768. The second kappa shape index (κ2) is 5.04. The Bertz CT molecular complexity index is 588. The molecule has 0 fully saturated rings. The van der Waals surface area contributed by atoms with Gasteiger partial charge in [0.15, 0.2) is 0 Å². The van der Waals surface area contributed by atoms with Crippen molar-refractivity contribution >= 4 is 15.9 Å². The Morgan fingerprint density at radius 1 is 1.37 bits per heavy atom. The van der Waals surface area contributed by atoms with Crippen molar-refractivity contribution in [2.24, 2.45) is 0 Å². The number of aryl methyl sites for hydroxylation is 1. The molecule has 1 aromatic carbocycles. The number of furan rings is 1.